The molecule has 1 atom stereocenters. The summed E-state index contributed by atoms with van der Waals surface area (Å²) < 4.78 is 5.29. The minimum Gasteiger partial charge on any atom is -0.409 e. The van der Waals surface area contributed by atoms with E-state index in [2.05, 4.69) is 11.4 Å². The minimum absolute atomic E-state index is 0.368. The Labute approximate surface area is 85.0 Å². The molecular formula is C10H13NO2S. The van der Waals surface area contributed by atoms with Crippen LogP contribution in [0.2, 0.25) is 0 Å². The number of carbonyl (C=O) groups excluding carboxylic acids is 1. The monoisotopic (exact) mass is 211 g/mol. The van der Waals surface area contributed by atoms with E-state index in [0.29, 0.717) is 11.7 Å². The number of allylic oxidation sites excluding steroid dienone is 3. The lowest BCUT2D eigenvalue weighted by atomic mass is 10.2. The Hall–Kier alpha value is -1.16. The van der Waals surface area contributed by atoms with Crippen LogP contribution in [0.15, 0.2) is 35.2 Å². The van der Waals surface area contributed by atoms with Crippen molar-refractivity contribution >= 4 is 16.8 Å². The summed E-state index contributed by atoms with van der Waals surface area (Å²) in [6.07, 6.45) is 8.91. The van der Waals surface area contributed by atoms with E-state index in [1.54, 1.807) is 0 Å². The molecule has 76 valence electrons. The van der Waals surface area contributed by atoms with Gasteiger partial charge in [-0.2, -0.15) is 0 Å². The van der Waals surface area contributed by atoms with Crippen molar-refractivity contribution in [2.45, 2.75) is 11.7 Å². The zero-order valence-electron chi connectivity index (χ0n) is 7.76. The van der Waals surface area contributed by atoms with E-state index in [1.165, 1.54) is 0 Å². The second kappa shape index (κ2) is 3.92. The van der Waals surface area contributed by atoms with Crippen molar-refractivity contribution in [2.75, 3.05) is 6.54 Å². The van der Waals surface area contributed by atoms with Gasteiger partial charge in [0, 0.05) is 11.8 Å². The first-order valence-corrected chi connectivity index (χ1v) is 6.29. The SMILES string of the molecule is O=COS1(C2CC=CNC2)C=CC=C1. The zero-order chi connectivity index (χ0) is 9.86. The summed E-state index contributed by atoms with van der Waals surface area (Å²) in [5, 5.41) is 7.58. The average Bonchev–Trinajstić information content (AvgIpc) is 2.70. The van der Waals surface area contributed by atoms with E-state index in [0.717, 1.165) is 13.0 Å². The summed E-state index contributed by atoms with van der Waals surface area (Å²) >= 11 is 0. The molecule has 0 bridgehead atoms. The first kappa shape index (κ1) is 9.40. The maximum atomic E-state index is 10.5. The normalized spacial score (nSPS) is 29.6. The van der Waals surface area contributed by atoms with Gasteiger partial charge < -0.3 is 9.50 Å². The van der Waals surface area contributed by atoms with E-state index in [1.807, 2.05) is 29.2 Å². The van der Waals surface area contributed by atoms with E-state index in [9.17, 15) is 4.79 Å². The van der Waals surface area contributed by atoms with Gasteiger partial charge in [0.2, 0.25) is 0 Å². The molecule has 2 rings (SSSR count). The lowest BCUT2D eigenvalue weighted by Gasteiger charge is -2.38. The Morgan fingerprint density at radius 1 is 1.43 bits per heavy atom. The highest BCUT2D eigenvalue weighted by Gasteiger charge is 2.32. The highest BCUT2D eigenvalue weighted by atomic mass is 32.3. The first-order chi connectivity index (χ1) is 6.87. The van der Waals surface area contributed by atoms with Crippen LogP contribution in [-0.4, -0.2) is 18.3 Å². The van der Waals surface area contributed by atoms with Gasteiger partial charge in [0.1, 0.15) is 0 Å². The lowest BCUT2D eigenvalue weighted by molar-refractivity contribution is -0.119. The van der Waals surface area contributed by atoms with E-state index < -0.39 is 10.3 Å². The van der Waals surface area contributed by atoms with Crippen LogP contribution in [0, 0.1) is 0 Å². The van der Waals surface area contributed by atoms with Crippen LogP contribution in [-0.2, 0) is 8.98 Å². The van der Waals surface area contributed by atoms with Gasteiger partial charge in [0.15, 0.2) is 0 Å². The Bertz CT molecular complexity index is 297. The summed E-state index contributed by atoms with van der Waals surface area (Å²) in [5.41, 5.74) is 0. The van der Waals surface area contributed by atoms with Gasteiger partial charge in [-0.15, -0.1) is 0 Å². The fourth-order valence-corrected chi connectivity index (χ4v) is 4.08. The second-order valence-corrected chi connectivity index (χ2v) is 6.01. The molecule has 2 aliphatic rings. The van der Waals surface area contributed by atoms with Crippen molar-refractivity contribution in [3.63, 3.8) is 0 Å². The van der Waals surface area contributed by atoms with Crippen molar-refractivity contribution in [3.8, 4) is 0 Å². The van der Waals surface area contributed by atoms with Crippen LogP contribution in [0.5, 0.6) is 0 Å². The maximum Gasteiger partial charge on any atom is 0.304 e. The fourth-order valence-electron chi connectivity index (χ4n) is 1.68. The molecule has 3 nitrogen and oxygen atoms in total. The Balaban J connectivity index is 2.18. The topological polar surface area (TPSA) is 38.3 Å². The smallest absolute Gasteiger partial charge is 0.304 e. The Morgan fingerprint density at radius 2 is 2.21 bits per heavy atom. The molecule has 0 aromatic rings. The number of nitrogens with one attached hydrogen (secondary N) is 1. The molecule has 0 aromatic carbocycles. The average molecular weight is 211 g/mol. The molecule has 1 unspecified atom stereocenters. The Morgan fingerprint density at radius 3 is 2.79 bits per heavy atom. The van der Waals surface area contributed by atoms with Crippen LogP contribution in [0.3, 0.4) is 0 Å². The predicted octanol–water partition coefficient (Wildman–Crippen LogP) is 1.80. The summed E-state index contributed by atoms with van der Waals surface area (Å²) in [6, 6.07) is 0. The molecule has 2 heterocycles. The number of rotatable bonds is 3. The van der Waals surface area contributed by atoms with Crippen molar-refractivity contribution < 1.29 is 8.98 Å². The molecule has 1 N–H and O–H groups in total. The third-order valence-corrected chi connectivity index (χ3v) is 5.38. The minimum atomic E-state index is -1.46. The first-order valence-electron chi connectivity index (χ1n) is 4.55. The van der Waals surface area contributed by atoms with E-state index in [4.69, 9.17) is 4.18 Å². The summed E-state index contributed by atoms with van der Waals surface area (Å²) in [6.45, 7) is 1.43. The number of carbonyl (C=O) groups is 1. The zero-order valence-corrected chi connectivity index (χ0v) is 8.57. The summed E-state index contributed by atoms with van der Waals surface area (Å²) in [7, 11) is -1.46. The van der Waals surface area contributed by atoms with Gasteiger partial charge in [-0.05, 0) is 33.7 Å². The van der Waals surface area contributed by atoms with Gasteiger partial charge in [-0.1, -0.05) is 18.2 Å². The van der Waals surface area contributed by atoms with Crippen molar-refractivity contribution in [2.24, 2.45) is 0 Å². The molecule has 0 saturated carbocycles. The predicted molar refractivity (Wildman–Crippen MR) is 58.6 cm³/mol. The molecule has 0 aromatic heterocycles. The molecule has 0 saturated heterocycles. The van der Waals surface area contributed by atoms with Gasteiger partial charge >= 0.3 is 6.47 Å². The summed E-state index contributed by atoms with van der Waals surface area (Å²) in [4.78, 5) is 10.5. The van der Waals surface area contributed by atoms with Crippen LogP contribution in [0.25, 0.3) is 0 Å². The standard InChI is InChI=1S/C10H13NO2S/c12-9-13-14(6-1-2-7-14)10-4-3-5-11-8-10/h1-3,5-7,9-11H,4,8H2. The second-order valence-electron chi connectivity index (χ2n) is 3.21. The van der Waals surface area contributed by atoms with Crippen molar-refractivity contribution in [3.05, 3.63) is 35.2 Å². The van der Waals surface area contributed by atoms with E-state index >= 15 is 0 Å². The van der Waals surface area contributed by atoms with Gasteiger partial charge in [0.25, 0.3) is 0 Å². The van der Waals surface area contributed by atoms with Crippen molar-refractivity contribution in [1.82, 2.24) is 5.32 Å². The molecule has 0 radical (unpaired) electrons. The maximum absolute atomic E-state index is 10.5. The molecular weight excluding hydrogens is 198 g/mol. The number of hydrogen-bond acceptors (Lipinski definition) is 3. The van der Waals surface area contributed by atoms with Crippen LogP contribution in [0.1, 0.15) is 6.42 Å². The van der Waals surface area contributed by atoms with Gasteiger partial charge in [0.05, 0.1) is 0 Å². The largest absolute Gasteiger partial charge is 0.409 e. The summed E-state index contributed by atoms with van der Waals surface area (Å²) in [5.74, 6) is 0. The molecule has 14 heavy (non-hydrogen) atoms. The van der Waals surface area contributed by atoms with Crippen LogP contribution in [0.4, 0.5) is 0 Å². The number of hydrogen-bond donors (Lipinski definition) is 1. The molecule has 2 aliphatic heterocycles. The van der Waals surface area contributed by atoms with Gasteiger partial charge in [-0.3, -0.25) is 4.79 Å². The van der Waals surface area contributed by atoms with Gasteiger partial charge in [-0.25, -0.2) is 0 Å². The van der Waals surface area contributed by atoms with Crippen LogP contribution >= 0.6 is 10.3 Å². The van der Waals surface area contributed by atoms with Crippen molar-refractivity contribution in [1.29, 1.82) is 0 Å². The van der Waals surface area contributed by atoms with Crippen LogP contribution < -0.4 is 5.32 Å². The quantitative estimate of drug-likeness (QED) is 0.723. The highest BCUT2D eigenvalue weighted by molar-refractivity contribution is 8.35. The third kappa shape index (κ3) is 1.57. The molecule has 0 aliphatic carbocycles. The molecule has 4 heteroatoms. The Kier molecular flexibility index (Phi) is 2.63. The van der Waals surface area contributed by atoms with E-state index in [-0.39, 0.29) is 0 Å². The molecule has 0 fully saturated rings. The fraction of sp³-hybridized carbons (Fsp3) is 0.300. The third-order valence-electron chi connectivity index (χ3n) is 2.40. The lowest BCUT2D eigenvalue weighted by Crippen LogP contribution is -2.30. The molecule has 0 amide bonds. The molecule has 0 spiro atoms. The highest BCUT2D eigenvalue weighted by Crippen LogP contribution is 2.59.